The van der Waals surface area contributed by atoms with Crippen LogP contribution in [0.15, 0.2) is 24.3 Å². The molecule has 1 saturated heterocycles. The lowest BCUT2D eigenvalue weighted by atomic mass is 10.2. The second-order valence-corrected chi connectivity index (χ2v) is 5.25. The summed E-state index contributed by atoms with van der Waals surface area (Å²) in [6.07, 6.45) is 2.60. The third-order valence-electron chi connectivity index (χ3n) is 3.51. The summed E-state index contributed by atoms with van der Waals surface area (Å²) in [7, 11) is 3.55. The van der Waals surface area contributed by atoms with Gasteiger partial charge < -0.3 is 15.1 Å². The van der Waals surface area contributed by atoms with Crippen molar-refractivity contribution in [2.75, 3.05) is 38.6 Å². The largest absolute Gasteiger partial charge is 0.372 e. The third-order valence-corrected chi connectivity index (χ3v) is 3.51. The SMILES string of the molecule is CN(C)C(=O)CNCc1ccc(N2CCCC2)cc1. The van der Waals surface area contributed by atoms with Gasteiger partial charge in [0.05, 0.1) is 6.54 Å². The minimum atomic E-state index is 0.105. The van der Waals surface area contributed by atoms with E-state index < -0.39 is 0 Å². The van der Waals surface area contributed by atoms with Crippen LogP contribution >= 0.6 is 0 Å². The number of carbonyl (C=O) groups excluding carboxylic acids is 1. The summed E-state index contributed by atoms with van der Waals surface area (Å²) in [6, 6.07) is 8.63. The molecule has 1 amide bonds. The van der Waals surface area contributed by atoms with E-state index in [0.717, 1.165) is 6.54 Å². The van der Waals surface area contributed by atoms with Crippen molar-refractivity contribution in [2.24, 2.45) is 0 Å². The molecule has 0 saturated carbocycles. The highest BCUT2D eigenvalue weighted by atomic mass is 16.2. The molecule has 0 spiro atoms. The van der Waals surface area contributed by atoms with Crippen LogP contribution < -0.4 is 10.2 Å². The number of nitrogens with zero attached hydrogens (tertiary/aromatic N) is 2. The van der Waals surface area contributed by atoms with Gasteiger partial charge in [0.15, 0.2) is 0 Å². The van der Waals surface area contributed by atoms with Crippen molar-refractivity contribution in [3.63, 3.8) is 0 Å². The fourth-order valence-corrected chi connectivity index (χ4v) is 2.27. The van der Waals surface area contributed by atoms with E-state index in [4.69, 9.17) is 0 Å². The average Bonchev–Trinajstić information content (AvgIpc) is 2.93. The highest BCUT2D eigenvalue weighted by Gasteiger charge is 2.11. The van der Waals surface area contributed by atoms with E-state index in [2.05, 4.69) is 34.5 Å². The molecule has 1 aliphatic heterocycles. The van der Waals surface area contributed by atoms with Crippen molar-refractivity contribution in [3.05, 3.63) is 29.8 Å². The van der Waals surface area contributed by atoms with Crippen LogP contribution in [0.25, 0.3) is 0 Å². The quantitative estimate of drug-likeness (QED) is 0.872. The molecule has 1 fully saturated rings. The van der Waals surface area contributed by atoms with Crippen LogP contribution in [0.1, 0.15) is 18.4 Å². The first kappa shape index (κ1) is 13.9. The third kappa shape index (κ3) is 3.96. The van der Waals surface area contributed by atoms with Gasteiger partial charge >= 0.3 is 0 Å². The molecule has 0 atom stereocenters. The first-order valence-corrected chi connectivity index (χ1v) is 6.91. The van der Waals surface area contributed by atoms with Gasteiger partial charge in [-0.05, 0) is 30.5 Å². The van der Waals surface area contributed by atoms with E-state index in [1.54, 1.807) is 19.0 Å². The lowest BCUT2D eigenvalue weighted by Gasteiger charge is -2.17. The van der Waals surface area contributed by atoms with Gasteiger partial charge in [-0.15, -0.1) is 0 Å². The Hall–Kier alpha value is -1.55. The Morgan fingerprint density at radius 3 is 2.42 bits per heavy atom. The molecule has 4 nitrogen and oxygen atoms in total. The molecule has 4 heteroatoms. The zero-order valence-corrected chi connectivity index (χ0v) is 11.9. The molecule has 0 unspecified atom stereocenters. The number of likely N-dealkylation sites (N-methyl/N-ethyl adjacent to an activating group) is 1. The topological polar surface area (TPSA) is 35.6 Å². The van der Waals surface area contributed by atoms with E-state index in [1.807, 2.05) is 0 Å². The molecule has 1 aliphatic rings. The first-order valence-electron chi connectivity index (χ1n) is 6.91. The molecule has 1 heterocycles. The molecule has 19 heavy (non-hydrogen) atoms. The van der Waals surface area contributed by atoms with Crippen molar-refractivity contribution in [1.29, 1.82) is 0 Å². The van der Waals surface area contributed by atoms with E-state index in [-0.39, 0.29) is 5.91 Å². The Morgan fingerprint density at radius 1 is 1.21 bits per heavy atom. The van der Waals surface area contributed by atoms with Gasteiger partial charge in [-0.1, -0.05) is 12.1 Å². The van der Waals surface area contributed by atoms with E-state index in [0.29, 0.717) is 6.54 Å². The van der Waals surface area contributed by atoms with Crippen LogP contribution in [0.3, 0.4) is 0 Å². The van der Waals surface area contributed by atoms with E-state index >= 15 is 0 Å². The first-order chi connectivity index (χ1) is 9.16. The smallest absolute Gasteiger partial charge is 0.236 e. The van der Waals surface area contributed by atoms with Crippen LogP contribution in [0.4, 0.5) is 5.69 Å². The number of hydrogen-bond acceptors (Lipinski definition) is 3. The lowest BCUT2D eigenvalue weighted by Crippen LogP contribution is -2.32. The minimum Gasteiger partial charge on any atom is -0.372 e. The fraction of sp³-hybridized carbons (Fsp3) is 0.533. The predicted molar refractivity (Wildman–Crippen MR) is 78.3 cm³/mol. The molecular weight excluding hydrogens is 238 g/mol. The normalized spacial score (nSPS) is 14.7. The maximum atomic E-state index is 11.4. The molecule has 1 aromatic rings. The maximum Gasteiger partial charge on any atom is 0.236 e. The molecular formula is C15H23N3O. The lowest BCUT2D eigenvalue weighted by molar-refractivity contribution is -0.127. The van der Waals surface area contributed by atoms with Crippen LogP contribution in [-0.2, 0) is 11.3 Å². The van der Waals surface area contributed by atoms with Crippen molar-refractivity contribution < 1.29 is 4.79 Å². The van der Waals surface area contributed by atoms with Crippen molar-refractivity contribution in [1.82, 2.24) is 10.2 Å². The Morgan fingerprint density at radius 2 is 1.84 bits per heavy atom. The number of nitrogens with one attached hydrogen (secondary N) is 1. The molecule has 1 N–H and O–H groups in total. The van der Waals surface area contributed by atoms with Gasteiger partial charge in [0.25, 0.3) is 0 Å². The second kappa shape index (κ2) is 6.57. The molecule has 0 radical (unpaired) electrons. The Balaban J connectivity index is 1.80. The summed E-state index contributed by atoms with van der Waals surface area (Å²) in [4.78, 5) is 15.4. The predicted octanol–water partition coefficient (Wildman–Crippen LogP) is 1.46. The van der Waals surface area contributed by atoms with Crippen molar-refractivity contribution >= 4 is 11.6 Å². The van der Waals surface area contributed by atoms with E-state index in [9.17, 15) is 4.79 Å². The van der Waals surface area contributed by atoms with Crippen LogP contribution in [0.5, 0.6) is 0 Å². The fourth-order valence-electron chi connectivity index (χ4n) is 2.27. The van der Waals surface area contributed by atoms with Gasteiger partial charge in [-0.3, -0.25) is 4.79 Å². The standard InChI is InChI=1S/C15H23N3O/c1-17(2)15(19)12-16-11-13-5-7-14(8-6-13)18-9-3-4-10-18/h5-8,16H,3-4,9-12H2,1-2H3. The molecule has 0 aliphatic carbocycles. The molecule has 0 bridgehead atoms. The summed E-state index contributed by atoms with van der Waals surface area (Å²) in [5.41, 5.74) is 2.53. The van der Waals surface area contributed by atoms with Gasteiger partial charge in [0.2, 0.25) is 5.91 Å². The molecule has 0 aromatic heterocycles. The number of rotatable bonds is 5. The van der Waals surface area contributed by atoms with Crippen LogP contribution in [0, 0.1) is 0 Å². The highest BCUT2D eigenvalue weighted by molar-refractivity contribution is 5.77. The summed E-state index contributed by atoms with van der Waals surface area (Å²) in [5, 5.41) is 3.17. The summed E-state index contributed by atoms with van der Waals surface area (Å²) in [5.74, 6) is 0.105. The zero-order chi connectivity index (χ0) is 13.7. The van der Waals surface area contributed by atoms with Gasteiger partial charge in [-0.2, -0.15) is 0 Å². The number of benzene rings is 1. The Bertz CT molecular complexity index is 408. The number of amides is 1. The Kier molecular flexibility index (Phi) is 4.80. The van der Waals surface area contributed by atoms with Crippen LogP contribution in [0.2, 0.25) is 0 Å². The second-order valence-electron chi connectivity index (χ2n) is 5.25. The van der Waals surface area contributed by atoms with Gasteiger partial charge in [0, 0.05) is 39.4 Å². The number of hydrogen-bond donors (Lipinski definition) is 1. The summed E-state index contributed by atoms with van der Waals surface area (Å²) < 4.78 is 0. The molecule has 2 rings (SSSR count). The van der Waals surface area contributed by atoms with Crippen molar-refractivity contribution in [3.8, 4) is 0 Å². The monoisotopic (exact) mass is 261 g/mol. The van der Waals surface area contributed by atoms with Crippen LogP contribution in [-0.4, -0.2) is 44.5 Å². The molecule has 104 valence electrons. The van der Waals surface area contributed by atoms with Gasteiger partial charge in [0.1, 0.15) is 0 Å². The number of carbonyl (C=O) groups is 1. The summed E-state index contributed by atoms with van der Waals surface area (Å²) in [6.45, 7) is 3.48. The van der Waals surface area contributed by atoms with Crippen molar-refractivity contribution in [2.45, 2.75) is 19.4 Å². The molecule has 1 aromatic carbocycles. The van der Waals surface area contributed by atoms with E-state index in [1.165, 1.54) is 37.2 Å². The van der Waals surface area contributed by atoms with Gasteiger partial charge in [-0.25, -0.2) is 0 Å². The zero-order valence-electron chi connectivity index (χ0n) is 11.9. The summed E-state index contributed by atoms with van der Waals surface area (Å²) >= 11 is 0. The highest BCUT2D eigenvalue weighted by Crippen LogP contribution is 2.20. The number of anilines is 1. The Labute approximate surface area is 115 Å². The maximum absolute atomic E-state index is 11.4. The minimum absolute atomic E-state index is 0.105. The average molecular weight is 261 g/mol.